The van der Waals surface area contributed by atoms with Crippen LogP contribution in [0.1, 0.15) is 19.8 Å². The van der Waals surface area contributed by atoms with Gasteiger partial charge in [-0.15, -0.1) is 0 Å². The quantitative estimate of drug-likeness (QED) is 0.261. The van der Waals surface area contributed by atoms with Gasteiger partial charge in [0.05, 0.1) is 6.61 Å². The number of benzene rings is 3. The molecule has 0 saturated carbocycles. The van der Waals surface area contributed by atoms with Gasteiger partial charge in [0.2, 0.25) is 0 Å². The maximum absolute atomic E-state index is 12.1. The van der Waals surface area contributed by atoms with Crippen LogP contribution in [0.4, 0.5) is 0 Å². The van der Waals surface area contributed by atoms with Crippen LogP contribution < -0.4 is 10.4 Å². The largest absolute Gasteiger partial charge is 0.494 e. The van der Waals surface area contributed by atoms with Crippen LogP contribution in [0.3, 0.4) is 0 Å². The third kappa shape index (κ3) is 3.08. The average Bonchev–Trinajstić information content (AvgIpc) is 2.68. The van der Waals surface area contributed by atoms with Crippen LogP contribution >= 0.6 is 0 Å². The highest BCUT2D eigenvalue weighted by Crippen LogP contribution is 2.33. The number of hydrogen-bond acceptors (Lipinski definition) is 3. The van der Waals surface area contributed by atoms with E-state index in [0.717, 1.165) is 52.5 Å². The summed E-state index contributed by atoms with van der Waals surface area (Å²) in [5.74, 6) is 0.847. The summed E-state index contributed by atoms with van der Waals surface area (Å²) in [7, 11) is 0. The first-order chi connectivity index (χ1) is 12.8. The van der Waals surface area contributed by atoms with Crippen LogP contribution in [0.2, 0.25) is 0 Å². The molecule has 130 valence electrons. The van der Waals surface area contributed by atoms with Crippen molar-refractivity contribution in [1.29, 1.82) is 0 Å². The van der Waals surface area contributed by atoms with E-state index in [1.54, 1.807) is 6.07 Å². The van der Waals surface area contributed by atoms with Gasteiger partial charge in [0.1, 0.15) is 11.3 Å². The first kappa shape index (κ1) is 16.4. The summed E-state index contributed by atoms with van der Waals surface area (Å²) in [5.41, 5.74) is 2.12. The summed E-state index contributed by atoms with van der Waals surface area (Å²) >= 11 is 0. The molecule has 3 nitrogen and oxygen atoms in total. The van der Waals surface area contributed by atoms with Crippen molar-refractivity contribution in [2.75, 3.05) is 6.61 Å². The van der Waals surface area contributed by atoms with Gasteiger partial charge in [-0.05, 0) is 41.0 Å². The smallest absolute Gasteiger partial charge is 0.336 e. The zero-order chi connectivity index (χ0) is 17.9. The third-order valence-corrected chi connectivity index (χ3v) is 4.56. The fourth-order valence-corrected chi connectivity index (χ4v) is 3.24. The molecule has 0 aliphatic heterocycles. The van der Waals surface area contributed by atoms with Crippen LogP contribution in [0.25, 0.3) is 32.9 Å². The molecule has 3 heteroatoms. The molecular formula is C23H20O3. The summed E-state index contributed by atoms with van der Waals surface area (Å²) in [6, 6.07) is 21.5. The van der Waals surface area contributed by atoms with Crippen LogP contribution in [0, 0.1) is 0 Å². The summed E-state index contributed by atoms with van der Waals surface area (Å²) < 4.78 is 11.2. The highest BCUT2D eigenvalue weighted by atomic mass is 16.5. The van der Waals surface area contributed by atoms with Gasteiger partial charge in [-0.25, -0.2) is 4.79 Å². The lowest BCUT2D eigenvalue weighted by atomic mass is 9.97. The van der Waals surface area contributed by atoms with E-state index in [-0.39, 0.29) is 5.63 Å². The first-order valence-corrected chi connectivity index (χ1v) is 8.95. The maximum Gasteiger partial charge on any atom is 0.336 e. The molecule has 0 unspecified atom stereocenters. The Bertz CT molecular complexity index is 1110. The van der Waals surface area contributed by atoms with E-state index in [0.29, 0.717) is 5.58 Å². The highest BCUT2D eigenvalue weighted by Gasteiger charge is 2.11. The van der Waals surface area contributed by atoms with Crippen molar-refractivity contribution in [3.8, 4) is 16.9 Å². The molecule has 0 bridgehead atoms. The molecule has 0 atom stereocenters. The molecule has 0 saturated heterocycles. The molecule has 0 radical (unpaired) electrons. The summed E-state index contributed by atoms with van der Waals surface area (Å²) in [6.07, 6.45) is 2.15. The second-order valence-corrected chi connectivity index (χ2v) is 6.37. The van der Waals surface area contributed by atoms with E-state index in [4.69, 9.17) is 9.15 Å². The van der Waals surface area contributed by atoms with Crippen LogP contribution in [0.5, 0.6) is 5.75 Å². The van der Waals surface area contributed by atoms with Crippen molar-refractivity contribution >= 4 is 21.7 Å². The Labute approximate surface area is 151 Å². The van der Waals surface area contributed by atoms with Gasteiger partial charge < -0.3 is 9.15 Å². The molecule has 26 heavy (non-hydrogen) atoms. The van der Waals surface area contributed by atoms with Gasteiger partial charge in [-0.3, -0.25) is 0 Å². The standard InChI is InChI=1S/C23H20O3/c1-2-3-14-25-18-11-8-17(9-12-18)20-15-22(24)26-21-13-10-16-6-4-5-7-19(16)23(20)21/h4-13,15H,2-3,14H2,1H3. The summed E-state index contributed by atoms with van der Waals surface area (Å²) in [6.45, 7) is 2.86. The molecule has 4 aromatic rings. The Kier molecular flexibility index (Phi) is 4.44. The normalized spacial score (nSPS) is 11.1. The predicted molar refractivity (Wildman–Crippen MR) is 106 cm³/mol. The molecule has 0 N–H and O–H groups in total. The minimum absolute atomic E-state index is 0.342. The van der Waals surface area contributed by atoms with Crippen LogP contribution in [-0.2, 0) is 0 Å². The van der Waals surface area contributed by atoms with E-state index in [1.165, 1.54) is 0 Å². The van der Waals surface area contributed by atoms with Crippen molar-refractivity contribution < 1.29 is 9.15 Å². The molecule has 4 rings (SSSR count). The molecule has 1 aromatic heterocycles. The molecule has 0 spiro atoms. The van der Waals surface area contributed by atoms with Crippen molar-refractivity contribution in [2.45, 2.75) is 19.8 Å². The first-order valence-electron chi connectivity index (χ1n) is 8.95. The number of ether oxygens (including phenoxy) is 1. The lowest BCUT2D eigenvalue weighted by Gasteiger charge is -2.10. The fourth-order valence-electron chi connectivity index (χ4n) is 3.24. The monoisotopic (exact) mass is 344 g/mol. The van der Waals surface area contributed by atoms with E-state index in [1.807, 2.05) is 48.5 Å². The predicted octanol–water partition coefficient (Wildman–Crippen LogP) is 5.79. The van der Waals surface area contributed by atoms with Crippen molar-refractivity contribution in [3.05, 3.63) is 77.2 Å². The van der Waals surface area contributed by atoms with Gasteiger partial charge >= 0.3 is 5.63 Å². The Morgan fingerprint density at radius 3 is 2.58 bits per heavy atom. The SMILES string of the molecule is CCCCOc1ccc(-c2cc(=O)oc3ccc4ccccc4c23)cc1. The Hall–Kier alpha value is -3.07. The molecular weight excluding hydrogens is 324 g/mol. The Morgan fingerprint density at radius 1 is 0.962 bits per heavy atom. The van der Waals surface area contributed by atoms with Crippen molar-refractivity contribution in [2.24, 2.45) is 0 Å². The molecule has 0 aliphatic rings. The van der Waals surface area contributed by atoms with E-state index >= 15 is 0 Å². The average molecular weight is 344 g/mol. The lowest BCUT2D eigenvalue weighted by Crippen LogP contribution is -1.99. The van der Waals surface area contributed by atoms with Gasteiger partial charge in [0.15, 0.2) is 0 Å². The van der Waals surface area contributed by atoms with E-state index in [9.17, 15) is 4.79 Å². The zero-order valence-electron chi connectivity index (χ0n) is 14.7. The number of rotatable bonds is 5. The fraction of sp³-hybridized carbons (Fsp3) is 0.174. The molecule has 3 aromatic carbocycles. The van der Waals surface area contributed by atoms with Crippen LogP contribution in [-0.4, -0.2) is 6.61 Å². The zero-order valence-corrected chi connectivity index (χ0v) is 14.7. The minimum atomic E-state index is -0.342. The van der Waals surface area contributed by atoms with E-state index in [2.05, 4.69) is 19.1 Å². The molecule has 0 amide bonds. The number of hydrogen-bond donors (Lipinski definition) is 0. The second-order valence-electron chi connectivity index (χ2n) is 6.37. The Balaban J connectivity index is 1.85. The van der Waals surface area contributed by atoms with Crippen molar-refractivity contribution in [3.63, 3.8) is 0 Å². The molecule has 1 heterocycles. The minimum Gasteiger partial charge on any atom is -0.494 e. The third-order valence-electron chi connectivity index (χ3n) is 4.56. The Morgan fingerprint density at radius 2 is 1.77 bits per heavy atom. The maximum atomic E-state index is 12.1. The summed E-state index contributed by atoms with van der Waals surface area (Å²) in [5, 5.41) is 3.16. The van der Waals surface area contributed by atoms with Crippen molar-refractivity contribution in [1.82, 2.24) is 0 Å². The van der Waals surface area contributed by atoms with E-state index < -0.39 is 0 Å². The highest BCUT2D eigenvalue weighted by molar-refractivity contribution is 6.12. The topological polar surface area (TPSA) is 39.4 Å². The number of fused-ring (bicyclic) bond motifs is 3. The van der Waals surface area contributed by atoms with Gasteiger partial charge in [-0.1, -0.05) is 55.8 Å². The molecule has 0 aliphatic carbocycles. The summed E-state index contributed by atoms with van der Waals surface area (Å²) in [4.78, 5) is 12.1. The van der Waals surface area contributed by atoms with Gasteiger partial charge in [-0.2, -0.15) is 0 Å². The lowest BCUT2D eigenvalue weighted by molar-refractivity contribution is 0.309. The van der Waals surface area contributed by atoms with Crippen LogP contribution in [0.15, 0.2) is 75.9 Å². The van der Waals surface area contributed by atoms with Gasteiger partial charge in [0.25, 0.3) is 0 Å². The number of unbranched alkanes of at least 4 members (excludes halogenated alkanes) is 1. The second kappa shape index (κ2) is 7.04. The molecule has 0 fully saturated rings. The van der Waals surface area contributed by atoms with Gasteiger partial charge in [0, 0.05) is 17.0 Å².